The van der Waals surface area contributed by atoms with Gasteiger partial charge in [0, 0.05) is 12.2 Å². The molecule has 3 heteroatoms. The van der Waals surface area contributed by atoms with E-state index >= 15 is 0 Å². The van der Waals surface area contributed by atoms with Crippen LogP contribution in [-0.2, 0) is 10.2 Å². The summed E-state index contributed by atoms with van der Waals surface area (Å²) in [5.74, 6) is -0.510. The normalized spacial score (nSPS) is 25.1. The van der Waals surface area contributed by atoms with E-state index in [1.165, 1.54) is 0 Å². The fourth-order valence-corrected chi connectivity index (χ4v) is 3.06. The molecular weight excluding hydrogens is 250 g/mol. The third-order valence-corrected chi connectivity index (χ3v) is 4.24. The first-order chi connectivity index (χ1) is 9.32. The molecule has 20 heavy (non-hydrogen) atoms. The Hall–Kier alpha value is -1.77. The first-order valence-corrected chi connectivity index (χ1v) is 7.01. The number of carboxylic acid groups (broad SMARTS) is 1. The molecule has 2 N–H and O–H groups in total. The van der Waals surface area contributed by atoms with E-state index < -0.39 is 11.4 Å². The number of hydrogen-bond donors (Lipinski definition) is 2. The number of benzene rings is 1. The molecule has 2 atom stereocenters. The molecule has 0 aliphatic heterocycles. The zero-order valence-corrected chi connectivity index (χ0v) is 12.4. The fraction of sp³-hybridized carbons (Fsp3) is 0.471. The Bertz CT molecular complexity index is 513. The van der Waals surface area contributed by atoms with Crippen LogP contribution in [0.3, 0.4) is 0 Å². The van der Waals surface area contributed by atoms with Gasteiger partial charge in [-0.15, -0.1) is 6.58 Å². The van der Waals surface area contributed by atoms with Gasteiger partial charge in [0.15, 0.2) is 0 Å². The second kappa shape index (κ2) is 4.97. The predicted octanol–water partition coefficient (Wildman–Crippen LogP) is 3.67. The maximum absolute atomic E-state index is 11.8. The van der Waals surface area contributed by atoms with Crippen LogP contribution in [0.2, 0.25) is 0 Å². The second-order valence-electron chi connectivity index (χ2n) is 6.65. The van der Waals surface area contributed by atoms with E-state index in [0.717, 1.165) is 17.7 Å². The molecule has 0 aromatic heterocycles. The summed E-state index contributed by atoms with van der Waals surface area (Å²) in [6.07, 6.45) is 2.52. The van der Waals surface area contributed by atoms with Crippen LogP contribution in [0.5, 0.6) is 0 Å². The summed E-state index contributed by atoms with van der Waals surface area (Å²) in [7, 11) is 0. The highest BCUT2D eigenvalue weighted by atomic mass is 16.4. The highest BCUT2D eigenvalue weighted by Crippen LogP contribution is 2.62. The van der Waals surface area contributed by atoms with Crippen LogP contribution in [0.1, 0.15) is 32.8 Å². The fourth-order valence-electron chi connectivity index (χ4n) is 3.06. The zero-order valence-electron chi connectivity index (χ0n) is 12.4. The number of carboxylic acids is 1. The summed E-state index contributed by atoms with van der Waals surface area (Å²) in [4.78, 5) is 11.8. The van der Waals surface area contributed by atoms with E-state index in [2.05, 4.69) is 32.7 Å². The molecule has 1 aliphatic carbocycles. The Balaban J connectivity index is 2.25. The molecule has 1 aromatic carbocycles. The van der Waals surface area contributed by atoms with Gasteiger partial charge in [0.1, 0.15) is 0 Å². The summed E-state index contributed by atoms with van der Waals surface area (Å²) >= 11 is 0. The second-order valence-corrected chi connectivity index (χ2v) is 6.65. The van der Waals surface area contributed by atoms with Crippen molar-refractivity contribution in [1.82, 2.24) is 0 Å². The largest absolute Gasteiger partial charge is 0.481 e. The number of carbonyl (C=O) groups is 1. The average molecular weight is 273 g/mol. The van der Waals surface area contributed by atoms with Gasteiger partial charge >= 0.3 is 5.97 Å². The molecule has 0 bridgehead atoms. The third kappa shape index (κ3) is 2.45. The molecule has 0 saturated heterocycles. The van der Waals surface area contributed by atoms with Crippen molar-refractivity contribution < 1.29 is 9.90 Å². The van der Waals surface area contributed by atoms with Crippen molar-refractivity contribution in [3.63, 3.8) is 0 Å². The molecule has 1 fully saturated rings. The van der Waals surface area contributed by atoms with Gasteiger partial charge in [-0.1, -0.05) is 39.0 Å². The lowest BCUT2D eigenvalue weighted by molar-refractivity contribution is -0.141. The van der Waals surface area contributed by atoms with E-state index in [9.17, 15) is 9.90 Å². The summed E-state index contributed by atoms with van der Waals surface area (Å²) in [6.45, 7) is 10.7. The van der Waals surface area contributed by atoms with Gasteiger partial charge in [0.25, 0.3) is 0 Å². The van der Waals surface area contributed by atoms with Gasteiger partial charge in [-0.05, 0) is 35.4 Å². The van der Waals surface area contributed by atoms with Crippen molar-refractivity contribution >= 4 is 11.7 Å². The number of nitrogens with one attached hydrogen (secondary N) is 1. The van der Waals surface area contributed by atoms with E-state index in [-0.39, 0.29) is 11.3 Å². The Morgan fingerprint density at radius 2 is 2.05 bits per heavy atom. The lowest BCUT2D eigenvalue weighted by atomic mass is 9.81. The topological polar surface area (TPSA) is 49.3 Å². The van der Waals surface area contributed by atoms with Crippen LogP contribution in [0.15, 0.2) is 36.9 Å². The first kappa shape index (κ1) is 14.6. The molecule has 1 aromatic rings. The maximum atomic E-state index is 11.8. The molecule has 1 saturated carbocycles. The van der Waals surface area contributed by atoms with Crippen LogP contribution < -0.4 is 5.32 Å². The standard InChI is InChI=1S/C17H23NO2/c1-5-10-18-13-8-6-12(7-9-13)17(15(19)20)11-14(17)16(2,3)4/h5-9,14,18H,1,10-11H2,2-4H3,(H,19,20). The van der Waals surface area contributed by atoms with Crippen LogP contribution in [0.4, 0.5) is 5.69 Å². The van der Waals surface area contributed by atoms with Crippen LogP contribution in [-0.4, -0.2) is 17.6 Å². The van der Waals surface area contributed by atoms with Crippen molar-refractivity contribution in [3.05, 3.63) is 42.5 Å². The number of anilines is 1. The molecule has 2 rings (SSSR count). The molecule has 3 nitrogen and oxygen atoms in total. The molecular formula is C17H23NO2. The molecule has 0 spiro atoms. The van der Waals surface area contributed by atoms with Gasteiger partial charge in [-0.3, -0.25) is 4.79 Å². The van der Waals surface area contributed by atoms with Gasteiger partial charge in [0.05, 0.1) is 5.41 Å². The molecule has 108 valence electrons. The Labute approximate surface area is 120 Å². The van der Waals surface area contributed by atoms with Crippen LogP contribution in [0, 0.1) is 11.3 Å². The summed E-state index contributed by atoms with van der Waals surface area (Å²) in [5.41, 5.74) is 1.21. The molecule has 0 heterocycles. The minimum Gasteiger partial charge on any atom is -0.481 e. The van der Waals surface area contributed by atoms with Crippen molar-refractivity contribution in [2.24, 2.45) is 11.3 Å². The number of rotatable bonds is 5. The van der Waals surface area contributed by atoms with Gasteiger partial charge < -0.3 is 10.4 Å². The Morgan fingerprint density at radius 3 is 2.45 bits per heavy atom. The summed E-state index contributed by atoms with van der Waals surface area (Å²) in [5, 5.41) is 12.9. The van der Waals surface area contributed by atoms with Crippen molar-refractivity contribution in [2.45, 2.75) is 32.6 Å². The molecule has 0 amide bonds. The Morgan fingerprint density at radius 1 is 1.45 bits per heavy atom. The van der Waals surface area contributed by atoms with E-state index in [0.29, 0.717) is 6.54 Å². The van der Waals surface area contributed by atoms with Gasteiger partial charge in [-0.25, -0.2) is 0 Å². The lowest BCUT2D eigenvalue weighted by Gasteiger charge is -2.23. The number of hydrogen-bond acceptors (Lipinski definition) is 2. The minimum atomic E-state index is -0.704. The van der Waals surface area contributed by atoms with Crippen molar-refractivity contribution in [2.75, 3.05) is 11.9 Å². The smallest absolute Gasteiger partial charge is 0.314 e. The SMILES string of the molecule is C=CCNc1ccc(C2(C(=O)O)CC2C(C)(C)C)cc1. The average Bonchev–Trinajstić information content (AvgIpc) is 3.14. The Kier molecular flexibility index (Phi) is 3.63. The van der Waals surface area contributed by atoms with Crippen LogP contribution >= 0.6 is 0 Å². The molecule has 2 unspecified atom stereocenters. The minimum absolute atomic E-state index is 0.0121. The van der Waals surface area contributed by atoms with Crippen molar-refractivity contribution in [3.8, 4) is 0 Å². The maximum Gasteiger partial charge on any atom is 0.314 e. The molecule has 1 aliphatic rings. The van der Waals surface area contributed by atoms with Crippen LogP contribution in [0.25, 0.3) is 0 Å². The summed E-state index contributed by atoms with van der Waals surface area (Å²) in [6, 6.07) is 7.76. The third-order valence-electron chi connectivity index (χ3n) is 4.24. The van der Waals surface area contributed by atoms with E-state index in [1.807, 2.05) is 24.3 Å². The molecule has 0 radical (unpaired) electrons. The zero-order chi connectivity index (χ0) is 15.0. The van der Waals surface area contributed by atoms with E-state index in [4.69, 9.17) is 0 Å². The summed E-state index contributed by atoms with van der Waals surface area (Å²) < 4.78 is 0. The number of aliphatic carboxylic acids is 1. The highest BCUT2D eigenvalue weighted by molar-refractivity contribution is 5.86. The quantitative estimate of drug-likeness (QED) is 0.805. The van der Waals surface area contributed by atoms with E-state index in [1.54, 1.807) is 6.08 Å². The van der Waals surface area contributed by atoms with Gasteiger partial charge in [0.2, 0.25) is 0 Å². The monoisotopic (exact) mass is 273 g/mol. The lowest BCUT2D eigenvalue weighted by Crippen LogP contribution is -2.27. The first-order valence-electron chi connectivity index (χ1n) is 7.01. The van der Waals surface area contributed by atoms with Gasteiger partial charge in [-0.2, -0.15) is 0 Å². The highest BCUT2D eigenvalue weighted by Gasteiger charge is 2.65. The predicted molar refractivity (Wildman–Crippen MR) is 82.0 cm³/mol. The van der Waals surface area contributed by atoms with Crippen molar-refractivity contribution in [1.29, 1.82) is 0 Å².